The zero-order valence-corrected chi connectivity index (χ0v) is 17.1. The molecule has 3 aromatic rings. The zero-order chi connectivity index (χ0) is 20.9. The van der Waals surface area contributed by atoms with E-state index in [4.69, 9.17) is 11.6 Å². The number of amides is 1. The summed E-state index contributed by atoms with van der Waals surface area (Å²) in [4.78, 5) is 16.6. The van der Waals surface area contributed by atoms with Crippen molar-refractivity contribution in [3.63, 3.8) is 0 Å². The summed E-state index contributed by atoms with van der Waals surface area (Å²) in [6, 6.07) is 12.5. The molecule has 1 amide bonds. The first-order chi connectivity index (χ1) is 13.8. The van der Waals surface area contributed by atoms with Crippen molar-refractivity contribution in [1.29, 1.82) is 0 Å². The first-order valence-corrected chi connectivity index (χ1v) is 10.5. The lowest BCUT2D eigenvalue weighted by Crippen LogP contribution is -2.17. The number of rotatable bonds is 7. The standard InChI is InChI=1S/C19H14ClF3N2O2S2/c20-13-3-1-2-12(8-13)10-28-18-25-15(11-29-18)9-17(26)24-14-4-6-16(7-5-14)27-19(21,22)23/h1-8,11H,9-10H2,(H,24,26). The molecule has 0 radical (unpaired) electrons. The van der Waals surface area contributed by atoms with Gasteiger partial charge in [0.05, 0.1) is 12.1 Å². The summed E-state index contributed by atoms with van der Waals surface area (Å²) in [6.07, 6.45) is -4.69. The fourth-order valence-corrected chi connectivity index (χ4v) is 4.32. The average molecular weight is 459 g/mol. The molecular formula is C19H14ClF3N2O2S2. The van der Waals surface area contributed by atoms with E-state index in [9.17, 15) is 18.0 Å². The van der Waals surface area contributed by atoms with E-state index >= 15 is 0 Å². The summed E-state index contributed by atoms with van der Waals surface area (Å²) in [5, 5.41) is 5.11. The van der Waals surface area contributed by atoms with Crippen molar-refractivity contribution in [3.05, 3.63) is 70.2 Å². The number of carbonyl (C=O) groups is 1. The second kappa shape index (κ2) is 9.51. The third-order valence-corrected chi connectivity index (χ3v) is 5.87. The van der Waals surface area contributed by atoms with E-state index < -0.39 is 6.36 Å². The molecule has 0 spiro atoms. The number of anilines is 1. The van der Waals surface area contributed by atoms with E-state index in [2.05, 4.69) is 15.0 Å². The van der Waals surface area contributed by atoms with Crippen LogP contribution in [-0.4, -0.2) is 17.3 Å². The van der Waals surface area contributed by atoms with Gasteiger partial charge in [-0.3, -0.25) is 4.79 Å². The second-order valence-corrected chi connectivity index (χ2v) is 8.34. The Morgan fingerprint density at radius 1 is 1.21 bits per heavy atom. The number of ether oxygens (including phenoxy) is 1. The number of nitrogens with one attached hydrogen (secondary N) is 1. The number of nitrogens with zero attached hydrogens (tertiary/aromatic N) is 1. The van der Waals surface area contributed by atoms with Crippen molar-refractivity contribution in [2.75, 3.05) is 5.32 Å². The van der Waals surface area contributed by atoms with Gasteiger partial charge in [0.2, 0.25) is 5.91 Å². The largest absolute Gasteiger partial charge is 0.573 e. The highest BCUT2D eigenvalue weighted by Gasteiger charge is 2.30. The Kier molecular flexibility index (Phi) is 7.05. The van der Waals surface area contributed by atoms with Crippen molar-refractivity contribution in [3.8, 4) is 5.75 Å². The summed E-state index contributed by atoms with van der Waals surface area (Å²) < 4.78 is 41.1. The van der Waals surface area contributed by atoms with E-state index in [1.807, 2.05) is 24.3 Å². The Morgan fingerprint density at radius 3 is 2.66 bits per heavy atom. The second-order valence-electron chi connectivity index (χ2n) is 5.82. The SMILES string of the molecule is O=C(Cc1csc(SCc2cccc(Cl)c2)n1)Nc1ccc(OC(F)(F)F)cc1. The molecular weight excluding hydrogens is 445 g/mol. The molecule has 0 aliphatic heterocycles. The molecule has 0 saturated heterocycles. The van der Waals surface area contributed by atoms with Gasteiger partial charge in [0.25, 0.3) is 0 Å². The average Bonchev–Trinajstić information content (AvgIpc) is 3.08. The van der Waals surface area contributed by atoms with E-state index in [1.54, 1.807) is 17.1 Å². The van der Waals surface area contributed by atoms with Gasteiger partial charge in [0, 0.05) is 21.8 Å². The maximum atomic E-state index is 12.2. The van der Waals surface area contributed by atoms with Crippen LogP contribution in [0, 0.1) is 0 Å². The molecule has 1 heterocycles. The van der Waals surface area contributed by atoms with Crippen molar-refractivity contribution >= 4 is 46.3 Å². The van der Waals surface area contributed by atoms with E-state index in [0.29, 0.717) is 22.2 Å². The fourth-order valence-electron chi connectivity index (χ4n) is 2.32. The molecule has 0 unspecified atom stereocenters. The minimum absolute atomic E-state index is 0.0645. The number of hydrogen-bond donors (Lipinski definition) is 1. The number of carbonyl (C=O) groups excluding carboxylic acids is 1. The lowest BCUT2D eigenvalue weighted by Gasteiger charge is -2.09. The summed E-state index contributed by atoms with van der Waals surface area (Å²) in [6.45, 7) is 0. The monoisotopic (exact) mass is 458 g/mol. The lowest BCUT2D eigenvalue weighted by molar-refractivity contribution is -0.274. The molecule has 0 aliphatic carbocycles. The third-order valence-electron chi connectivity index (χ3n) is 3.50. The number of alkyl halides is 3. The Bertz CT molecular complexity index is 978. The summed E-state index contributed by atoms with van der Waals surface area (Å²) in [7, 11) is 0. The topological polar surface area (TPSA) is 51.2 Å². The van der Waals surface area contributed by atoms with Crippen LogP contribution in [0.1, 0.15) is 11.3 Å². The molecule has 0 saturated carbocycles. The predicted molar refractivity (Wildman–Crippen MR) is 109 cm³/mol. The minimum atomic E-state index is -4.75. The lowest BCUT2D eigenvalue weighted by atomic mass is 10.2. The van der Waals surface area contributed by atoms with E-state index in [0.717, 1.165) is 22.0 Å². The van der Waals surface area contributed by atoms with Gasteiger partial charge in [-0.25, -0.2) is 4.98 Å². The normalized spacial score (nSPS) is 11.3. The van der Waals surface area contributed by atoms with Gasteiger partial charge in [-0.1, -0.05) is 35.5 Å². The van der Waals surface area contributed by atoms with Crippen molar-refractivity contribution in [2.24, 2.45) is 0 Å². The van der Waals surface area contributed by atoms with Crippen LogP contribution in [0.4, 0.5) is 18.9 Å². The number of benzene rings is 2. The highest BCUT2D eigenvalue weighted by atomic mass is 35.5. The number of aromatic nitrogens is 1. The highest BCUT2D eigenvalue weighted by Crippen LogP contribution is 2.28. The fraction of sp³-hybridized carbons (Fsp3) is 0.158. The molecule has 3 rings (SSSR count). The molecule has 0 atom stereocenters. The zero-order valence-electron chi connectivity index (χ0n) is 14.7. The molecule has 0 fully saturated rings. The Balaban J connectivity index is 1.49. The molecule has 0 aliphatic rings. The van der Waals surface area contributed by atoms with E-state index in [1.165, 1.54) is 23.5 Å². The van der Waals surface area contributed by atoms with Gasteiger partial charge in [-0.15, -0.1) is 24.5 Å². The molecule has 4 nitrogen and oxygen atoms in total. The molecule has 1 aromatic heterocycles. The maximum Gasteiger partial charge on any atom is 0.573 e. The van der Waals surface area contributed by atoms with Crippen molar-refractivity contribution in [2.45, 2.75) is 22.9 Å². The van der Waals surface area contributed by atoms with E-state index in [-0.39, 0.29) is 18.1 Å². The molecule has 2 aromatic carbocycles. The van der Waals surface area contributed by atoms with Crippen LogP contribution in [0.25, 0.3) is 0 Å². The number of halogens is 4. The molecule has 29 heavy (non-hydrogen) atoms. The van der Waals surface area contributed by atoms with Gasteiger partial charge >= 0.3 is 6.36 Å². The Hall–Kier alpha value is -2.23. The first kappa shape index (κ1) is 21.5. The third kappa shape index (κ3) is 7.26. The van der Waals surface area contributed by atoms with Crippen LogP contribution in [0.15, 0.2) is 58.3 Å². The van der Waals surface area contributed by atoms with Crippen LogP contribution in [-0.2, 0) is 17.0 Å². The van der Waals surface area contributed by atoms with Gasteiger partial charge in [-0.2, -0.15) is 0 Å². The quantitative estimate of drug-likeness (QED) is 0.430. The van der Waals surface area contributed by atoms with Crippen molar-refractivity contribution in [1.82, 2.24) is 4.98 Å². The number of thiazole rings is 1. The minimum Gasteiger partial charge on any atom is -0.406 e. The Morgan fingerprint density at radius 2 is 1.97 bits per heavy atom. The van der Waals surface area contributed by atoms with Gasteiger partial charge in [-0.05, 0) is 42.0 Å². The summed E-state index contributed by atoms with van der Waals surface area (Å²) in [5.41, 5.74) is 2.07. The Labute approximate surface area is 178 Å². The van der Waals surface area contributed by atoms with Crippen LogP contribution >= 0.6 is 34.7 Å². The smallest absolute Gasteiger partial charge is 0.406 e. The highest BCUT2D eigenvalue weighted by molar-refractivity contribution is 8.00. The number of thioether (sulfide) groups is 1. The van der Waals surface area contributed by atoms with Crippen LogP contribution < -0.4 is 10.1 Å². The van der Waals surface area contributed by atoms with Gasteiger partial charge in [0.15, 0.2) is 0 Å². The van der Waals surface area contributed by atoms with Crippen LogP contribution in [0.2, 0.25) is 5.02 Å². The maximum absolute atomic E-state index is 12.2. The summed E-state index contributed by atoms with van der Waals surface area (Å²) in [5.74, 6) is 0.0500. The van der Waals surface area contributed by atoms with Gasteiger partial charge < -0.3 is 10.1 Å². The predicted octanol–water partition coefficient (Wildman–Crippen LogP) is 6.17. The molecule has 10 heteroatoms. The summed E-state index contributed by atoms with van der Waals surface area (Å²) >= 11 is 8.96. The van der Waals surface area contributed by atoms with Crippen LogP contribution in [0.5, 0.6) is 5.75 Å². The molecule has 0 bridgehead atoms. The molecule has 1 N–H and O–H groups in total. The first-order valence-electron chi connectivity index (χ1n) is 8.24. The number of hydrogen-bond acceptors (Lipinski definition) is 5. The van der Waals surface area contributed by atoms with Crippen LogP contribution in [0.3, 0.4) is 0 Å². The molecule has 152 valence electrons. The van der Waals surface area contributed by atoms with Gasteiger partial charge in [0.1, 0.15) is 10.1 Å². The van der Waals surface area contributed by atoms with Crippen molar-refractivity contribution < 1.29 is 22.7 Å².